The minimum atomic E-state index is 0.384. The molecule has 0 aromatic rings. The lowest BCUT2D eigenvalue weighted by molar-refractivity contribution is -0.108. The minimum absolute atomic E-state index is 0.384. The highest BCUT2D eigenvalue weighted by molar-refractivity contribution is 4.99. The van der Waals surface area contributed by atoms with Gasteiger partial charge in [0.15, 0.2) is 0 Å². The standard InChI is InChI=1S/C14H27NO/c1-5-15-9-14(10-15)7-6-13(12(4)8-14)16-11(2)3/h11-13H,5-10H2,1-4H3/t12-,13+/m1/s1. The van der Waals surface area contributed by atoms with Gasteiger partial charge in [-0.05, 0) is 51.0 Å². The maximum atomic E-state index is 6.00. The van der Waals surface area contributed by atoms with Gasteiger partial charge in [-0.15, -0.1) is 0 Å². The zero-order chi connectivity index (χ0) is 11.8. The van der Waals surface area contributed by atoms with Crippen molar-refractivity contribution in [1.82, 2.24) is 4.90 Å². The van der Waals surface area contributed by atoms with E-state index in [1.165, 1.54) is 38.9 Å². The third-order valence-corrected chi connectivity index (χ3v) is 4.36. The second-order valence-electron chi connectivity index (χ2n) is 6.25. The summed E-state index contributed by atoms with van der Waals surface area (Å²) in [6.07, 6.45) is 4.93. The molecule has 2 nitrogen and oxygen atoms in total. The molecular formula is C14H27NO. The molecule has 2 atom stereocenters. The van der Waals surface area contributed by atoms with Crippen molar-refractivity contribution in [2.45, 2.75) is 59.2 Å². The molecule has 1 aliphatic carbocycles. The zero-order valence-corrected chi connectivity index (χ0v) is 11.3. The maximum absolute atomic E-state index is 6.00. The SMILES string of the molecule is CCN1CC2(CC[C@H](OC(C)C)[C@H](C)C2)C1. The van der Waals surface area contributed by atoms with Gasteiger partial charge in [0.25, 0.3) is 0 Å². The number of hydrogen-bond donors (Lipinski definition) is 0. The molecule has 1 aliphatic heterocycles. The first-order chi connectivity index (χ1) is 7.54. The van der Waals surface area contributed by atoms with Crippen molar-refractivity contribution in [2.24, 2.45) is 11.3 Å². The average Bonchev–Trinajstić information content (AvgIpc) is 2.17. The molecule has 0 aromatic heterocycles. The molecule has 2 rings (SSSR count). The summed E-state index contributed by atoms with van der Waals surface area (Å²) in [6.45, 7) is 12.8. The fourth-order valence-corrected chi connectivity index (χ4v) is 3.61. The van der Waals surface area contributed by atoms with Crippen molar-refractivity contribution >= 4 is 0 Å². The Morgan fingerprint density at radius 2 is 2.06 bits per heavy atom. The number of likely N-dealkylation sites (tertiary alicyclic amines) is 1. The molecule has 0 unspecified atom stereocenters. The second-order valence-corrected chi connectivity index (χ2v) is 6.25. The number of nitrogens with zero attached hydrogens (tertiary/aromatic N) is 1. The molecule has 0 amide bonds. The van der Waals surface area contributed by atoms with Gasteiger partial charge in [0, 0.05) is 13.1 Å². The Bertz CT molecular complexity index is 233. The van der Waals surface area contributed by atoms with Gasteiger partial charge in [-0.2, -0.15) is 0 Å². The van der Waals surface area contributed by atoms with Gasteiger partial charge in [0.1, 0.15) is 0 Å². The summed E-state index contributed by atoms with van der Waals surface area (Å²) in [5, 5.41) is 0. The van der Waals surface area contributed by atoms with E-state index >= 15 is 0 Å². The van der Waals surface area contributed by atoms with Crippen LogP contribution < -0.4 is 0 Å². The Hall–Kier alpha value is -0.0800. The van der Waals surface area contributed by atoms with Crippen LogP contribution in [0.3, 0.4) is 0 Å². The summed E-state index contributed by atoms with van der Waals surface area (Å²) >= 11 is 0. The summed E-state index contributed by atoms with van der Waals surface area (Å²) in [6, 6.07) is 0. The smallest absolute Gasteiger partial charge is 0.0604 e. The highest BCUT2D eigenvalue weighted by Crippen LogP contribution is 2.46. The first-order valence-corrected chi connectivity index (χ1v) is 6.92. The van der Waals surface area contributed by atoms with Crippen LogP contribution in [0.2, 0.25) is 0 Å². The largest absolute Gasteiger partial charge is 0.375 e. The van der Waals surface area contributed by atoms with Crippen LogP contribution in [0.25, 0.3) is 0 Å². The maximum Gasteiger partial charge on any atom is 0.0604 e. The normalized spacial score (nSPS) is 34.3. The Labute approximate surface area is 100 Å². The van der Waals surface area contributed by atoms with Gasteiger partial charge in [-0.3, -0.25) is 0 Å². The van der Waals surface area contributed by atoms with E-state index in [0.717, 1.165) is 5.92 Å². The van der Waals surface area contributed by atoms with Gasteiger partial charge in [-0.25, -0.2) is 0 Å². The molecule has 0 radical (unpaired) electrons. The Morgan fingerprint density at radius 1 is 1.38 bits per heavy atom. The molecule has 0 aromatic carbocycles. The highest BCUT2D eigenvalue weighted by atomic mass is 16.5. The van der Waals surface area contributed by atoms with Crippen LogP contribution in [0.5, 0.6) is 0 Å². The number of rotatable bonds is 3. The fourth-order valence-electron chi connectivity index (χ4n) is 3.61. The predicted octanol–water partition coefficient (Wildman–Crippen LogP) is 2.92. The Morgan fingerprint density at radius 3 is 2.56 bits per heavy atom. The van der Waals surface area contributed by atoms with E-state index in [9.17, 15) is 0 Å². The number of hydrogen-bond acceptors (Lipinski definition) is 2. The van der Waals surface area contributed by atoms with E-state index < -0.39 is 0 Å². The van der Waals surface area contributed by atoms with Crippen LogP contribution in [-0.4, -0.2) is 36.7 Å². The van der Waals surface area contributed by atoms with Crippen LogP contribution in [0.1, 0.15) is 47.0 Å². The quantitative estimate of drug-likeness (QED) is 0.732. The molecular weight excluding hydrogens is 198 g/mol. The molecule has 16 heavy (non-hydrogen) atoms. The van der Waals surface area contributed by atoms with Gasteiger partial charge in [0.05, 0.1) is 12.2 Å². The minimum Gasteiger partial charge on any atom is -0.375 e. The topological polar surface area (TPSA) is 12.5 Å². The summed E-state index contributed by atoms with van der Waals surface area (Å²) < 4.78 is 6.00. The van der Waals surface area contributed by atoms with Crippen LogP contribution in [0.15, 0.2) is 0 Å². The monoisotopic (exact) mass is 225 g/mol. The van der Waals surface area contributed by atoms with Crippen molar-refractivity contribution in [3.8, 4) is 0 Å². The van der Waals surface area contributed by atoms with Crippen LogP contribution in [0, 0.1) is 11.3 Å². The molecule has 2 heteroatoms. The van der Waals surface area contributed by atoms with E-state index in [4.69, 9.17) is 4.74 Å². The Kier molecular flexibility index (Phi) is 3.60. The van der Waals surface area contributed by atoms with Crippen molar-refractivity contribution in [3.05, 3.63) is 0 Å². The summed E-state index contributed by atoms with van der Waals surface area (Å²) in [5.41, 5.74) is 0.659. The molecule has 2 aliphatic rings. The third-order valence-electron chi connectivity index (χ3n) is 4.36. The van der Waals surface area contributed by atoms with Crippen LogP contribution in [-0.2, 0) is 4.74 Å². The lowest BCUT2D eigenvalue weighted by atomic mass is 9.64. The summed E-state index contributed by atoms with van der Waals surface area (Å²) in [4.78, 5) is 2.57. The zero-order valence-electron chi connectivity index (χ0n) is 11.3. The third kappa shape index (κ3) is 2.43. The highest BCUT2D eigenvalue weighted by Gasteiger charge is 2.46. The van der Waals surface area contributed by atoms with Crippen molar-refractivity contribution in [1.29, 1.82) is 0 Å². The van der Waals surface area contributed by atoms with Crippen LogP contribution in [0.4, 0.5) is 0 Å². The first kappa shape index (κ1) is 12.4. The lowest BCUT2D eigenvalue weighted by Crippen LogP contribution is -2.59. The second kappa shape index (κ2) is 4.66. The van der Waals surface area contributed by atoms with E-state index in [2.05, 4.69) is 32.6 Å². The van der Waals surface area contributed by atoms with Crippen molar-refractivity contribution in [3.63, 3.8) is 0 Å². The first-order valence-electron chi connectivity index (χ1n) is 6.92. The molecule has 0 N–H and O–H groups in total. The fraction of sp³-hybridized carbons (Fsp3) is 1.00. The van der Waals surface area contributed by atoms with E-state index in [0.29, 0.717) is 17.6 Å². The van der Waals surface area contributed by atoms with Crippen molar-refractivity contribution in [2.75, 3.05) is 19.6 Å². The molecule has 1 saturated heterocycles. The molecule has 94 valence electrons. The van der Waals surface area contributed by atoms with Crippen LogP contribution >= 0.6 is 0 Å². The molecule has 1 spiro atoms. The lowest BCUT2D eigenvalue weighted by Gasteiger charge is -2.55. The molecule has 0 bridgehead atoms. The van der Waals surface area contributed by atoms with E-state index in [1.807, 2.05) is 0 Å². The predicted molar refractivity (Wildman–Crippen MR) is 67.6 cm³/mol. The average molecular weight is 225 g/mol. The van der Waals surface area contributed by atoms with Gasteiger partial charge in [-0.1, -0.05) is 13.8 Å². The van der Waals surface area contributed by atoms with Gasteiger partial charge >= 0.3 is 0 Å². The number of ether oxygens (including phenoxy) is 1. The molecule has 1 saturated carbocycles. The Balaban J connectivity index is 1.84. The summed E-state index contributed by atoms with van der Waals surface area (Å²) in [7, 11) is 0. The van der Waals surface area contributed by atoms with Gasteiger partial charge in [0.2, 0.25) is 0 Å². The van der Waals surface area contributed by atoms with E-state index in [1.54, 1.807) is 0 Å². The van der Waals surface area contributed by atoms with Gasteiger partial charge < -0.3 is 9.64 Å². The van der Waals surface area contributed by atoms with Crippen molar-refractivity contribution < 1.29 is 4.74 Å². The molecule has 2 fully saturated rings. The molecule has 1 heterocycles. The summed E-state index contributed by atoms with van der Waals surface area (Å²) in [5.74, 6) is 0.746. The van der Waals surface area contributed by atoms with E-state index in [-0.39, 0.29) is 0 Å².